The molecular formula is C32H29N3O2S. The third-order valence-electron chi connectivity index (χ3n) is 7.02. The molecule has 0 unspecified atom stereocenters. The van der Waals surface area contributed by atoms with Crippen molar-refractivity contribution in [3.8, 4) is 5.69 Å². The van der Waals surface area contributed by atoms with E-state index >= 15 is 0 Å². The molecule has 0 aliphatic carbocycles. The molecule has 0 bridgehead atoms. The molecule has 2 heterocycles. The number of aromatic nitrogens is 1. The summed E-state index contributed by atoms with van der Waals surface area (Å²) in [5, 5.41) is 0.144. The van der Waals surface area contributed by atoms with Gasteiger partial charge in [0.25, 0.3) is 11.8 Å². The number of carbonyl (C=O) groups excluding carboxylic acids is 2. The molecule has 0 N–H and O–H groups in total. The minimum Gasteiger partial charge on any atom is -0.318 e. The van der Waals surface area contributed by atoms with Gasteiger partial charge in [-0.05, 0) is 99.9 Å². The fourth-order valence-electron chi connectivity index (χ4n) is 4.96. The van der Waals surface area contributed by atoms with Crippen molar-refractivity contribution in [1.29, 1.82) is 0 Å². The van der Waals surface area contributed by atoms with Gasteiger partial charge in [-0.1, -0.05) is 54.1 Å². The number of benzene rings is 3. The molecule has 1 aromatic heterocycles. The van der Waals surface area contributed by atoms with Gasteiger partial charge in [-0.15, -0.1) is 0 Å². The fourth-order valence-corrected chi connectivity index (χ4v) is 5.33. The van der Waals surface area contributed by atoms with Crippen LogP contribution in [0.15, 0.2) is 84.4 Å². The average molecular weight is 520 g/mol. The topological polar surface area (TPSA) is 45.6 Å². The maximum atomic E-state index is 14.0. The second-order valence-electron chi connectivity index (χ2n) is 9.69. The van der Waals surface area contributed by atoms with E-state index in [0.717, 1.165) is 33.8 Å². The van der Waals surface area contributed by atoms with E-state index in [2.05, 4.69) is 35.8 Å². The molecule has 38 heavy (non-hydrogen) atoms. The van der Waals surface area contributed by atoms with Crippen molar-refractivity contribution in [2.75, 3.05) is 9.80 Å². The molecule has 0 saturated carbocycles. The van der Waals surface area contributed by atoms with Crippen LogP contribution in [0.4, 0.5) is 11.4 Å². The second kappa shape index (κ2) is 9.88. The highest BCUT2D eigenvalue weighted by molar-refractivity contribution is 7.81. The first-order valence-electron chi connectivity index (χ1n) is 12.5. The minimum atomic E-state index is -0.431. The predicted molar refractivity (Wildman–Crippen MR) is 158 cm³/mol. The number of thiocarbonyl (C=S) groups is 1. The summed E-state index contributed by atoms with van der Waals surface area (Å²) < 4.78 is 2.13. The third-order valence-corrected chi connectivity index (χ3v) is 7.39. The Morgan fingerprint density at radius 3 is 1.68 bits per heavy atom. The van der Waals surface area contributed by atoms with Crippen molar-refractivity contribution < 1.29 is 9.59 Å². The highest BCUT2D eigenvalue weighted by atomic mass is 32.1. The molecule has 0 spiro atoms. The zero-order valence-corrected chi connectivity index (χ0v) is 23.0. The number of anilines is 2. The van der Waals surface area contributed by atoms with Gasteiger partial charge < -0.3 is 4.57 Å². The smallest absolute Gasteiger partial charge is 0.270 e. The van der Waals surface area contributed by atoms with Crippen molar-refractivity contribution in [1.82, 2.24) is 4.57 Å². The molecule has 1 saturated heterocycles. The molecule has 0 atom stereocenters. The molecule has 5 nitrogen and oxygen atoms in total. The molecule has 3 aromatic carbocycles. The van der Waals surface area contributed by atoms with Crippen molar-refractivity contribution in [3.05, 3.63) is 118 Å². The number of aryl methyl sites for hydroxylation is 4. The zero-order chi connectivity index (χ0) is 27.1. The lowest BCUT2D eigenvalue weighted by Crippen LogP contribution is -2.57. The summed E-state index contributed by atoms with van der Waals surface area (Å²) in [6, 6.07) is 25.4. The van der Waals surface area contributed by atoms with Crippen LogP contribution in [-0.4, -0.2) is 21.5 Å². The van der Waals surface area contributed by atoms with Gasteiger partial charge in [0.15, 0.2) is 5.11 Å². The Balaban J connectivity index is 1.68. The number of hydrogen-bond donors (Lipinski definition) is 0. The number of carbonyl (C=O) groups is 2. The lowest BCUT2D eigenvalue weighted by molar-refractivity contribution is -0.120. The van der Waals surface area contributed by atoms with Crippen LogP contribution in [-0.2, 0) is 9.59 Å². The summed E-state index contributed by atoms with van der Waals surface area (Å²) in [5.41, 5.74) is 8.12. The van der Waals surface area contributed by atoms with E-state index in [4.69, 9.17) is 12.2 Å². The van der Waals surface area contributed by atoms with Gasteiger partial charge in [0.2, 0.25) is 0 Å². The highest BCUT2D eigenvalue weighted by Crippen LogP contribution is 2.33. The van der Waals surface area contributed by atoms with Gasteiger partial charge >= 0.3 is 0 Å². The summed E-state index contributed by atoms with van der Waals surface area (Å²) in [4.78, 5) is 30.9. The number of para-hydroxylation sites is 2. The lowest BCUT2D eigenvalue weighted by atomic mass is 10.0. The van der Waals surface area contributed by atoms with E-state index in [1.54, 1.807) is 6.08 Å². The van der Waals surface area contributed by atoms with E-state index in [-0.39, 0.29) is 10.7 Å². The van der Waals surface area contributed by atoms with Crippen LogP contribution >= 0.6 is 12.2 Å². The van der Waals surface area contributed by atoms with E-state index in [9.17, 15) is 9.59 Å². The Morgan fingerprint density at radius 2 is 1.18 bits per heavy atom. The summed E-state index contributed by atoms with van der Waals surface area (Å²) in [7, 11) is 0. The molecule has 2 amide bonds. The number of hydrogen-bond acceptors (Lipinski definition) is 3. The third kappa shape index (κ3) is 4.27. The SMILES string of the molecule is Cc1ccc(-n2c(C)cc(C=C3C(=O)N(c4ccccc4C)C(=S)N(c4ccccc4C)C3=O)c2C)cc1. The van der Waals surface area contributed by atoms with E-state index in [0.29, 0.717) is 11.4 Å². The standard InChI is InChI=1S/C32H29N3O2S/c1-20-14-16-26(17-15-20)33-23(4)18-25(24(33)5)19-27-30(36)34(28-12-8-6-10-21(28)2)32(38)35(31(27)37)29-13-9-7-11-22(29)3/h6-19H,1-5H3. The van der Waals surface area contributed by atoms with Gasteiger partial charge in [0.05, 0.1) is 11.4 Å². The van der Waals surface area contributed by atoms with Gasteiger partial charge in [-0.25, -0.2) is 0 Å². The summed E-state index contributed by atoms with van der Waals surface area (Å²) >= 11 is 5.81. The Hall–Kier alpha value is -4.29. The molecule has 1 aliphatic rings. The number of rotatable bonds is 4. The predicted octanol–water partition coefficient (Wildman–Crippen LogP) is 6.77. The minimum absolute atomic E-state index is 0.0641. The van der Waals surface area contributed by atoms with Crippen LogP contribution in [0.2, 0.25) is 0 Å². The largest absolute Gasteiger partial charge is 0.318 e. The van der Waals surface area contributed by atoms with Gasteiger partial charge in [0, 0.05) is 17.1 Å². The molecule has 4 aromatic rings. The maximum Gasteiger partial charge on any atom is 0.270 e. The highest BCUT2D eigenvalue weighted by Gasteiger charge is 2.42. The van der Waals surface area contributed by atoms with Crippen molar-refractivity contribution >= 4 is 46.6 Å². The van der Waals surface area contributed by atoms with Gasteiger partial charge in [-0.2, -0.15) is 0 Å². The molecule has 5 rings (SSSR count). The zero-order valence-electron chi connectivity index (χ0n) is 22.1. The summed E-state index contributed by atoms with van der Waals surface area (Å²) in [6.45, 7) is 9.94. The normalized spacial score (nSPS) is 13.9. The molecule has 6 heteroatoms. The van der Waals surface area contributed by atoms with Crippen LogP contribution in [0.25, 0.3) is 11.8 Å². The van der Waals surface area contributed by atoms with Crippen LogP contribution in [0.3, 0.4) is 0 Å². The van der Waals surface area contributed by atoms with Crippen molar-refractivity contribution in [2.24, 2.45) is 0 Å². The molecular weight excluding hydrogens is 490 g/mol. The van der Waals surface area contributed by atoms with Crippen molar-refractivity contribution in [3.63, 3.8) is 0 Å². The summed E-state index contributed by atoms with van der Waals surface area (Å²) in [6.07, 6.45) is 1.70. The Labute approximate surface area is 228 Å². The first kappa shape index (κ1) is 25.4. The van der Waals surface area contributed by atoms with Crippen LogP contribution < -0.4 is 9.80 Å². The van der Waals surface area contributed by atoms with Crippen molar-refractivity contribution in [2.45, 2.75) is 34.6 Å². The molecule has 190 valence electrons. The Bertz CT molecular complexity index is 1560. The number of amides is 2. The molecule has 0 radical (unpaired) electrons. The quantitative estimate of drug-likeness (QED) is 0.170. The number of nitrogens with zero attached hydrogens (tertiary/aromatic N) is 3. The van der Waals surface area contributed by atoms with E-state index in [1.807, 2.05) is 82.3 Å². The summed E-state index contributed by atoms with van der Waals surface area (Å²) in [5.74, 6) is -0.862. The van der Waals surface area contributed by atoms with Crippen LogP contribution in [0.1, 0.15) is 33.6 Å². The van der Waals surface area contributed by atoms with E-state index < -0.39 is 11.8 Å². The van der Waals surface area contributed by atoms with Crippen LogP contribution in [0, 0.1) is 34.6 Å². The Morgan fingerprint density at radius 1 is 0.684 bits per heavy atom. The average Bonchev–Trinajstić information content (AvgIpc) is 3.17. The first-order valence-corrected chi connectivity index (χ1v) is 12.9. The first-order chi connectivity index (χ1) is 18.2. The van der Waals surface area contributed by atoms with Crippen LogP contribution in [0.5, 0.6) is 0 Å². The molecule has 1 aliphatic heterocycles. The maximum absolute atomic E-state index is 14.0. The second-order valence-corrected chi connectivity index (χ2v) is 10.1. The van der Waals surface area contributed by atoms with E-state index in [1.165, 1.54) is 15.4 Å². The lowest BCUT2D eigenvalue weighted by Gasteiger charge is -2.37. The molecule has 1 fully saturated rings. The fraction of sp³-hybridized carbons (Fsp3) is 0.156. The Kier molecular flexibility index (Phi) is 6.59. The monoisotopic (exact) mass is 519 g/mol. The van der Waals surface area contributed by atoms with Gasteiger partial charge in [0.1, 0.15) is 5.57 Å². The van der Waals surface area contributed by atoms with Gasteiger partial charge in [-0.3, -0.25) is 19.4 Å².